The van der Waals surface area contributed by atoms with Crippen molar-refractivity contribution in [2.45, 2.75) is 13.8 Å². The van der Waals surface area contributed by atoms with Gasteiger partial charge in [0.2, 0.25) is 0 Å². The van der Waals surface area contributed by atoms with Gasteiger partial charge in [-0.25, -0.2) is 13.7 Å². The number of hydrogen-bond donors (Lipinski definition) is 1. The van der Waals surface area contributed by atoms with Crippen molar-refractivity contribution in [2.75, 3.05) is 16.8 Å². The van der Waals surface area contributed by atoms with E-state index >= 15 is 0 Å². The average molecular weight is 434 g/mol. The van der Waals surface area contributed by atoms with Gasteiger partial charge in [0.15, 0.2) is 0 Å². The first-order valence-electron chi connectivity index (χ1n) is 10.0. The summed E-state index contributed by atoms with van der Waals surface area (Å²) in [6.45, 7) is 4.18. The average Bonchev–Trinajstić information content (AvgIpc) is 3.02. The van der Waals surface area contributed by atoms with E-state index in [-0.39, 0.29) is 11.3 Å². The fourth-order valence-corrected chi connectivity index (χ4v) is 3.52. The number of aryl methyl sites for hydroxylation is 1. The number of para-hydroxylation sites is 1. The van der Waals surface area contributed by atoms with Crippen LogP contribution in [0.2, 0.25) is 0 Å². The predicted molar refractivity (Wildman–Crippen MR) is 118 cm³/mol. The molecule has 0 atom stereocenters. The molecule has 2 amide bonds. The molecule has 0 aromatic heterocycles. The van der Waals surface area contributed by atoms with E-state index in [0.717, 1.165) is 23.8 Å². The second kappa shape index (κ2) is 8.63. The number of hydrogen-bond acceptors (Lipinski definition) is 4. The number of rotatable bonds is 6. The van der Waals surface area contributed by atoms with Gasteiger partial charge in [0.1, 0.15) is 23.1 Å². The third-order valence-electron chi connectivity index (χ3n) is 5.09. The minimum Gasteiger partial charge on any atom is -0.494 e. The number of anilines is 2. The summed E-state index contributed by atoms with van der Waals surface area (Å²) in [7, 11) is 0. The highest BCUT2D eigenvalue weighted by atomic mass is 19.1. The molecule has 5 nitrogen and oxygen atoms in total. The highest BCUT2D eigenvalue weighted by molar-refractivity contribution is 6.46. The van der Waals surface area contributed by atoms with Crippen LogP contribution in [0.4, 0.5) is 20.2 Å². The molecule has 0 saturated heterocycles. The number of carbonyl (C=O) groups excluding carboxylic acids is 2. The smallest absolute Gasteiger partial charge is 0.282 e. The van der Waals surface area contributed by atoms with E-state index in [2.05, 4.69) is 5.32 Å². The highest BCUT2D eigenvalue weighted by Crippen LogP contribution is 2.36. The van der Waals surface area contributed by atoms with Crippen LogP contribution in [0.25, 0.3) is 5.57 Å². The Morgan fingerprint density at radius 1 is 0.938 bits per heavy atom. The molecule has 32 heavy (non-hydrogen) atoms. The minimum absolute atomic E-state index is 0.0166. The van der Waals surface area contributed by atoms with Gasteiger partial charge < -0.3 is 10.1 Å². The van der Waals surface area contributed by atoms with Crippen molar-refractivity contribution in [2.24, 2.45) is 0 Å². The van der Waals surface area contributed by atoms with Crippen molar-refractivity contribution in [3.8, 4) is 5.75 Å². The Hall–Kier alpha value is -4.00. The van der Waals surface area contributed by atoms with E-state index in [0.29, 0.717) is 28.5 Å². The Bertz CT molecular complexity index is 1240. The molecule has 0 bridgehead atoms. The summed E-state index contributed by atoms with van der Waals surface area (Å²) in [6.07, 6.45) is 0. The fraction of sp³-hybridized carbons (Fsp3) is 0.120. The van der Waals surface area contributed by atoms with E-state index in [1.54, 1.807) is 36.4 Å². The van der Waals surface area contributed by atoms with Gasteiger partial charge in [-0.15, -0.1) is 0 Å². The molecular formula is C25H20F2N2O3. The minimum atomic E-state index is -0.878. The second-order valence-corrected chi connectivity index (χ2v) is 7.19. The summed E-state index contributed by atoms with van der Waals surface area (Å²) in [6, 6.07) is 16.6. The van der Waals surface area contributed by atoms with Crippen LogP contribution in [-0.4, -0.2) is 18.4 Å². The first-order chi connectivity index (χ1) is 15.4. The number of imide groups is 1. The van der Waals surface area contributed by atoms with Crippen LogP contribution in [-0.2, 0) is 9.59 Å². The molecule has 0 unspecified atom stereocenters. The first kappa shape index (κ1) is 21.2. The van der Waals surface area contributed by atoms with Crippen LogP contribution in [0.15, 0.2) is 72.4 Å². The summed E-state index contributed by atoms with van der Waals surface area (Å²) in [5.41, 5.74) is 1.52. The van der Waals surface area contributed by atoms with Gasteiger partial charge >= 0.3 is 0 Å². The third kappa shape index (κ3) is 3.85. The van der Waals surface area contributed by atoms with Crippen LogP contribution >= 0.6 is 0 Å². The maximum atomic E-state index is 14.5. The van der Waals surface area contributed by atoms with Gasteiger partial charge in [-0.2, -0.15) is 0 Å². The third-order valence-corrected chi connectivity index (χ3v) is 5.09. The number of nitrogens with zero attached hydrogens (tertiary/aromatic N) is 1. The molecule has 3 aromatic rings. The Morgan fingerprint density at radius 2 is 1.66 bits per heavy atom. The summed E-state index contributed by atoms with van der Waals surface area (Å²) in [5, 5.41) is 3.03. The molecular weight excluding hydrogens is 414 g/mol. The van der Waals surface area contributed by atoms with E-state index in [1.165, 1.54) is 0 Å². The van der Waals surface area contributed by atoms with E-state index in [9.17, 15) is 18.4 Å². The van der Waals surface area contributed by atoms with Crippen LogP contribution in [0, 0.1) is 18.6 Å². The number of carbonyl (C=O) groups is 2. The van der Waals surface area contributed by atoms with Gasteiger partial charge in [0, 0.05) is 11.8 Å². The molecule has 1 aliphatic heterocycles. The topological polar surface area (TPSA) is 58.6 Å². The number of ether oxygens (including phenoxy) is 1. The van der Waals surface area contributed by atoms with Crippen molar-refractivity contribution in [1.82, 2.24) is 0 Å². The zero-order chi connectivity index (χ0) is 22.8. The lowest BCUT2D eigenvalue weighted by atomic mass is 10.0. The number of benzene rings is 3. The highest BCUT2D eigenvalue weighted by Gasteiger charge is 2.41. The SMILES string of the molecule is CCOc1ccc(C2=C(Nc3ccccc3C)C(=O)N(c3cc(F)ccc3F)C2=O)cc1. The van der Waals surface area contributed by atoms with Gasteiger partial charge in [-0.3, -0.25) is 9.59 Å². The molecule has 0 aliphatic carbocycles. The molecule has 162 valence electrons. The number of halogens is 2. The van der Waals surface area contributed by atoms with Crippen LogP contribution < -0.4 is 15.0 Å². The molecule has 4 rings (SSSR count). The van der Waals surface area contributed by atoms with Gasteiger partial charge in [0.05, 0.1) is 17.9 Å². The van der Waals surface area contributed by atoms with Crippen LogP contribution in [0.3, 0.4) is 0 Å². The number of amides is 2. The Balaban J connectivity index is 1.84. The van der Waals surface area contributed by atoms with Gasteiger partial charge in [0.25, 0.3) is 11.8 Å². The molecule has 0 fully saturated rings. The molecule has 1 N–H and O–H groups in total. The maximum Gasteiger partial charge on any atom is 0.282 e. The molecule has 0 saturated carbocycles. The summed E-state index contributed by atoms with van der Waals surface area (Å²) in [5.74, 6) is -2.55. The lowest BCUT2D eigenvalue weighted by Crippen LogP contribution is -2.33. The summed E-state index contributed by atoms with van der Waals surface area (Å²) < 4.78 is 33.8. The lowest BCUT2D eigenvalue weighted by molar-refractivity contribution is -0.120. The van der Waals surface area contributed by atoms with Crippen molar-refractivity contribution in [3.63, 3.8) is 0 Å². The summed E-state index contributed by atoms with van der Waals surface area (Å²) in [4.78, 5) is 27.3. The van der Waals surface area contributed by atoms with Crippen molar-refractivity contribution < 1.29 is 23.1 Å². The normalized spacial score (nSPS) is 13.7. The molecule has 1 aliphatic rings. The zero-order valence-electron chi connectivity index (χ0n) is 17.5. The van der Waals surface area contributed by atoms with Crippen molar-refractivity contribution in [1.29, 1.82) is 0 Å². The van der Waals surface area contributed by atoms with Gasteiger partial charge in [-0.05, 0) is 55.3 Å². The second-order valence-electron chi connectivity index (χ2n) is 7.19. The van der Waals surface area contributed by atoms with Gasteiger partial charge in [-0.1, -0.05) is 30.3 Å². The van der Waals surface area contributed by atoms with E-state index in [4.69, 9.17) is 4.74 Å². The van der Waals surface area contributed by atoms with Crippen molar-refractivity contribution >= 4 is 28.8 Å². The Kier molecular flexibility index (Phi) is 5.73. The van der Waals surface area contributed by atoms with E-state index in [1.807, 2.05) is 26.0 Å². The number of nitrogens with one attached hydrogen (secondary N) is 1. The first-order valence-corrected chi connectivity index (χ1v) is 10.0. The fourth-order valence-electron chi connectivity index (χ4n) is 3.52. The monoisotopic (exact) mass is 434 g/mol. The maximum absolute atomic E-state index is 14.5. The molecule has 1 heterocycles. The van der Waals surface area contributed by atoms with E-state index < -0.39 is 29.1 Å². The Morgan fingerprint density at radius 3 is 2.34 bits per heavy atom. The van der Waals surface area contributed by atoms with Crippen LogP contribution in [0.5, 0.6) is 5.75 Å². The molecule has 0 radical (unpaired) electrons. The largest absolute Gasteiger partial charge is 0.494 e. The zero-order valence-corrected chi connectivity index (χ0v) is 17.5. The standard InChI is InChI=1S/C25H20F2N2O3/c1-3-32-18-11-8-16(9-12-18)22-23(28-20-7-5-4-6-15(20)2)25(31)29(24(22)30)21-14-17(26)10-13-19(21)27/h4-14,28H,3H2,1-2H3. The van der Waals surface area contributed by atoms with Crippen LogP contribution in [0.1, 0.15) is 18.1 Å². The van der Waals surface area contributed by atoms with Crippen molar-refractivity contribution in [3.05, 3.63) is 95.2 Å². The molecule has 0 spiro atoms. The summed E-state index contributed by atoms with van der Waals surface area (Å²) >= 11 is 0. The molecule has 3 aromatic carbocycles. The lowest BCUT2D eigenvalue weighted by Gasteiger charge is -2.16. The predicted octanol–water partition coefficient (Wildman–Crippen LogP) is 5.07. The molecule has 7 heteroatoms. The quantitative estimate of drug-likeness (QED) is 0.551. The Labute approximate surface area is 183 Å².